The number of nitrogens with two attached hydrogens (primary N) is 1. The van der Waals surface area contributed by atoms with Crippen molar-refractivity contribution in [2.75, 3.05) is 20.9 Å². The molecular formula is C13H13N5O4S. The first kappa shape index (κ1) is 16.2. The van der Waals surface area contributed by atoms with Crippen LogP contribution in [-0.2, 0) is 10.3 Å². The third-order valence-electron chi connectivity index (χ3n) is 2.84. The molecule has 2 rings (SSSR count). The van der Waals surface area contributed by atoms with E-state index in [1.165, 1.54) is 6.07 Å². The van der Waals surface area contributed by atoms with Crippen molar-refractivity contribution in [3.8, 4) is 11.9 Å². The number of phenolic OH excluding ortho intramolecular Hbond substituents is 1. The molecule has 0 unspecified atom stereocenters. The fourth-order valence-electron chi connectivity index (χ4n) is 1.83. The summed E-state index contributed by atoms with van der Waals surface area (Å²) < 4.78 is 33.2. The lowest BCUT2D eigenvalue weighted by Crippen LogP contribution is -2.36. The first-order valence-corrected chi connectivity index (χ1v) is 7.60. The molecule has 0 aliphatic heterocycles. The van der Waals surface area contributed by atoms with E-state index in [1.54, 1.807) is 36.5 Å². The normalized spacial score (nSPS) is 10.6. The number of nitriles is 1. The number of nitrogens with zero attached hydrogens (tertiary/aromatic N) is 2. The van der Waals surface area contributed by atoms with E-state index >= 15 is 0 Å². The number of nitrogen functional groups attached to an aromatic ring is 1. The van der Waals surface area contributed by atoms with E-state index in [1.807, 2.05) is 0 Å². The van der Waals surface area contributed by atoms with Crippen LogP contribution >= 0.6 is 0 Å². The van der Waals surface area contributed by atoms with Gasteiger partial charge in [0.2, 0.25) is 0 Å². The number of phenols is 1. The highest BCUT2D eigenvalue weighted by Gasteiger charge is 2.24. The molecule has 0 saturated carbocycles. The lowest BCUT2D eigenvalue weighted by atomic mass is 10.2. The molecule has 0 fully saturated rings. The predicted molar refractivity (Wildman–Crippen MR) is 85.8 cm³/mol. The SMILES string of the molecule is N#CNc1c(O)ccc(N(Nc2ccccc2)S(=O)(=O)O)c1N. The van der Waals surface area contributed by atoms with Gasteiger partial charge in [-0.2, -0.15) is 18.1 Å². The highest BCUT2D eigenvalue weighted by atomic mass is 32.2. The van der Waals surface area contributed by atoms with Gasteiger partial charge >= 0.3 is 10.3 Å². The number of para-hydroxylation sites is 1. The minimum Gasteiger partial charge on any atom is -0.506 e. The summed E-state index contributed by atoms with van der Waals surface area (Å²) in [6, 6.07) is 10.5. The zero-order valence-electron chi connectivity index (χ0n) is 11.6. The molecule has 120 valence electrons. The van der Waals surface area contributed by atoms with Gasteiger partial charge in [0.25, 0.3) is 0 Å². The molecule has 0 atom stereocenters. The zero-order chi connectivity index (χ0) is 17.0. The molecule has 0 saturated heterocycles. The summed E-state index contributed by atoms with van der Waals surface area (Å²) in [6.07, 6.45) is 1.58. The van der Waals surface area contributed by atoms with Gasteiger partial charge in [0.05, 0.1) is 11.4 Å². The largest absolute Gasteiger partial charge is 0.506 e. The monoisotopic (exact) mass is 335 g/mol. The van der Waals surface area contributed by atoms with E-state index in [-0.39, 0.29) is 22.8 Å². The van der Waals surface area contributed by atoms with Crippen LogP contribution in [0.15, 0.2) is 42.5 Å². The second-order valence-electron chi connectivity index (χ2n) is 4.35. The van der Waals surface area contributed by atoms with Crippen molar-refractivity contribution < 1.29 is 18.1 Å². The predicted octanol–water partition coefficient (Wildman–Crippen LogP) is 1.50. The minimum absolute atomic E-state index is 0.173. The maximum absolute atomic E-state index is 11.7. The lowest BCUT2D eigenvalue weighted by Gasteiger charge is -2.24. The summed E-state index contributed by atoms with van der Waals surface area (Å²) in [5, 5.41) is 20.5. The molecule has 2 aromatic rings. The van der Waals surface area contributed by atoms with Crippen LogP contribution in [0.2, 0.25) is 0 Å². The van der Waals surface area contributed by atoms with Gasteiger partial charge < -0.3 is 10.8 Å². The smallest absolute Gasteiger partial charge is 0.377 e. The summed E-state index contributed by atoms with van der Waals surface area (Å²) >= 11 is 0. The number of hydrogen-bond donors (Lipinski definition) is 5. The third-order valence-corrected chi connectivity index (χ3v) is 3.58. The van der Waals surface area contributed by atoms with Gasteiger partial charge in [-0.15, -0.1) is 0 Å². The summed E-state index contributed by atoms with van der Waals surface area (Å²) in [5.74, 6) is -0.345. The van der Waals surface area contributed by atoms with Crippen LogP contribution in [0.1, 0.15) is 0 Å². The van der Waals surface area contributed by atoms with Crippen LogP contribution in [0.5, 0.6) is 5.75 Å². The molecule has 2 aromatic carbocycles. The van der Waals surface area contributed by atoms with E-state index < -0.39 is 10.3 Å². The third kappa shape index (κ3) is 3.54. The van der Waals surface area contributed by atoms with Crippen LogP contribution in [0.4, 0.5) is 22.7 Å². The van der Waals surface area contributed by atoms with Crippen molar-refractivity contribution in [1.29, 1.82) is 5.26 Å². The maximum atomic E-state index is 11.7. The van der Waals surface area contributed by atoms with Crippen molar-refractivity contribution in [2.24, 2.45) is 0 Å². The average Bonchev–Trinajstić information content (AvgIpc) is 2.50. The van der Waals surface area contributed by atoms with Crippen LogP contribution in [0, 0.1) is 11.5 Å². The summed E-state index contributed by atoms with van der Waals surface area (Å²) in [6.45, 7) is 0. The molecule has 0 amide bonds. The van der Waals surface area contributed by atoms with Crippen molar-refractivity contribution in [1.82, 2.24) is 0 Å². The lowest BCUT2D eigenvalue weighted by molar-refractivity contribution is 0.476. The van der Waals surface area contributed by atoms with Gasteiger partial charge in [0.15, 0.2) is 6.19 Å². The molecule has 23 heavy (non-hydrogen) atoms. The molecule has 0 aliphatic carbocycles. The summed E-state index contributed by atoms with van der Waals surface area (Å²) in [5.41, 5.74) is 8.06. The van der Waals surface area contributed by atoms with E-state index in [9.17, 15) is 18.1 Å². The van der Waals surface area contributed by atoms with Crippen LogP contribution in [0.25, 0.3) is 0 Å². The second kappa shape index (κ2) is 6.30. The number of hydrogen-bond acceptors (Lipinski definition) is 7. The van der Waals surface area contributed by atoms with Crippen molar-refractivity contribution in [3.63, 3.8) is 0 Å². The standard InChI is InChI=1S/C13H13N5O4S/c14-8-16-13-11(19)7-6-10(12(13)15)18(23(20,21)22)17-9-4-2-1-3-5-9/h1-7,16-17,19H,15H2,(H,20,21,22). The molecule has 0 radical (unpaired) electrons. The fraction of sp³-hybridized carbons (Fsp3) is 0. The number of aromatic hydroxyl groups is 1. The van der Waals surface area contributed by atoms with Crippen LogP contribution in [0.3, 0.4) is 0 Å². The van der Waals surface area contributed by atoms with E-state index in [0.717, 1.165) is 6.07 Å². The van der Waals surface area contributed by atoms with Gasteiger partial charge in [0.1, 0.15) is 17.1 Å². The van der Waals surface area contributed by atoms with Crippen molar-refractivity contribution in [2.45, 2.75) is 0 Å². The van der Waals surface area contributed by atoms with Crippen molar-refractivity contribution >= 4 is 33.1 Å². The van der Waals surface area contributed by atoms with Gasteiger partial charge in [0, 0.05) is 0 Å². The molecule has 0 bridgehead atoms. The number of benzene rings is 2. The Morgan fingerprint density at radius 3 is 2.39 bits per heavy atom. The molecular weight excluding hydrogens is 322 g/mol. The topological polar surface area (TPSA) is 152 Å². The Balaban J connectivity index is 2.53. The molecule has 0 aromatic heterocycles. The van der Waals surface area contributed by atoms with Crippen molar-refractivity contribution in [3.05, 3.63) is 42.5 Å². The van der Waals surface area contributed by atoms with E-state index in [0.29, 0.717) is 10.1 Å². The van der Waals surface area contributed by atoms with Crippen LogP contribution < -0.4 is 20.9 Å². The maximum Gasteiger partial charge on any atom is 0.377 e. The van der Waals surface area contributed by atoms with Crippen LogP contribution in [-0.4, -0.2) is 18.1 Å². The Morgan fingerprint density at radius 2 is 1.83 bits per heavy atom. The van der Waals surface area contributed by atoms with E-state index in [2.05, 4.69) is 10.7 Å². The highest BCUT2D eigenvalue weighted by Crippen LogP contribution is 2.38. The van der Waals surface area contributed by atoms with Gasteiger partial charge in [-0.25, -0.2) is 0 Å². The zero-order valence-corrected chi connectivity index (χ0v) is 12.4. The minimum atomic E-state index is -4.73. The second-order valence-corrected chi connectivity index (χ2v) is 5.61. The quantitative estimate of drug-likeness (QED) is 0.138. The van der Waals surface area contributed by atoms with Gasteiger partial charge in [-0.3, -0.25) is 15.3 Å². The summed E-state index contributed by atoms with van der Waals surface area (Å²) in [7, 11) is -4.73. The first-order chi connectivity index (χ1) is 10.8. The number of anilines is 4. The number of hydrazine groups is 1. The Hall–Kier alpha value is -3.16. The molecule has 0 spiro atoms. The molecule has 0 heterocycles. The average molecular weight is 335 g/mol. The first-order valence-electron chi connectivity index (χ1n) is 6.20. The molecule has 10 heteroatoms. The summed E-state index contributed by atoms with van der Waals surface area (Å²) in [4.78, 5) is 0. The molecule has 6 N–H and O–H groups in total. The fourth-order valence-corrected chi connectivity index (χ4v) is 2.46. The Kier molecular flexibility index (Phi) is 4.44. The Bertz CT molecular complexity index is 849. The molecule has 9 nitrogen and oxygen atoms in total. The number of rotatable bonds is 5. The molecule has 0 aliphatic rings. The highest BCUT2D eigenvalue weighted by molar-refractivity contribution is 7.87. The van der Waals surface area contributed by atoms with Gasteiger partial charge in [-0.1, -0.05) is 18.2 Å². The number of nitrogens with one attached hydrogen (secondary N) is 2. The van der Waals surface area contributed by atoms with E-state index in [4.69, 9.17) is 11.0 Å². The Morgan fingerprint density at radius 1 is 1.17 bits per heavy atom. The van der Waals surface area contributed by atoms with Gasteiger partial charge in [-0.05, 0) is 24.3 Å². The Labute approximate surface area is 132 Å².